The van der Waals surface area contributed by atoms with Crippen LogP contribution in [-0.4, -0.2) is 72.2 Å². The lowest BCUT2D eigenvalue weighted by Crippen LogP contribution is -2.48. The van der Waals surface area contributed by atoms with Crippen molar-refractivity contribution in [3.05, 3.63) is 65.0 Å². The fraction of sp³-hybridized carbons (Fsp3) is 0.467. The summed E-state index contributed by atoms with van der Waals surface area (Å²) < 4.78 is 5.17. The molecule has 0 fully saturated rings. The number of hydrogen-bond acceptors (Lipinski definition) is 7. The number of carbonyl (C=O) groups is 2. The molecule has 4 rings (SSSR count). The van der Waals surface area contributed by atoms with Crippen molar-refractivity contribution in [2.24, 2.45) is 0 Å². The first-order chi connectivity index (χ1) is 18.7. The number of aryl methyl sites for hydroxylation is 3. The molecule has 1 unspecified atom stereocenters. The molecule has 1 aromatic heterocycles. The number of rotatable bonds is 11. The first-order valence-electron chi connectivity index (χ1n) is 13.7. The molecule has 2 aromatic carbocycles. The second kappa shape index (κ2) is 14.3. The van der Waals surface area contributed by atoms with Crippen molar-refractivity contribution in [3.63, 3.8) is 0 Å². The molecule has 2 amide bonds. The van der Waals surface area contributed by atoms with Gasteiger partial charge in [-0.15, -0.1) is 12.4 Å². The average Bonchev–Trinajstić information content (AvgIpc) is 3.36. The van der Waals surface area contributed by atoms with Crippen molar-refractivity contribution in [2.45, 2.75) is 59.0 Å². The van der Waals surface area contributed by atoms with Gasteiger partial charge in [0.15, 0.2) is 0 Å². The Morgan fingerprint density at radius 1 is 1.07 bits per heavy atom. The van der Waals surface area contributed by atoms with E-state index < -0.39 is 0 Å². The normalized spacial score (nSPS) is 14.3. The third kappa shape index (κ3) is 8.05. The van der Waals surface area contributed by atoms with Gasteiger partial charge in [-0.25, -0.2) is 0 Å². The van der Waals surface area contributed by atoms with E-state index in [9.17, 15) is 9.59 Å². The minimum atomic E-state index is -0.136. The maximum atomic E-state index is 13.6. The lowest BCUT2D eigenvalue weighted by Gasteiger charge is -2.34. The van der Waals surface area contributed by atoms with Crippen molar-refractivity contribution >= 4 is 29.9 Å². The molecule has 1 aliphatic carbocycles. The third-order valence-electron chi connectivity index (χ3n) is 7.26. The minimum absolute atomic E-state index is 0. The molecule has 0 bridgehead atoms. The summed E-state index contributed by atoms with van der Waals surface area (Å²) in [6, 6.07) is 14.7. The monoisotopic (exact) mass is 568 g/mol. The fourth-order valence-electron chi connectivity index (χ4n) is 5.01. The molecule has 2 N–H and O–H groups in total. The molecule has 216 valence electrons. The summed E-state index contributed by atoms with van der Waals surface area (Å²) in [5.41, 5.74) is 5.18. The molecular weight excluding hydrogens is 528 g/mol. The first-order valence-corrected chi connectivity index (χ1v) is 13.7. The highest BCUT2D eigenvalue weighted by Crippen LogP contribution is 2.28. The van der Waals surface area contributed by atoms with Crippen LogP contribution in [0.3, 0.4) is 0 Å². The van der Waals surface area contributed by atoms with E-state index in [4.69, 9.17) is 4.52 Å². The van der Waals surface area contributed by atoms with E-state index in [1.54, 1.807) is 6.92 Å². The summed E-state index contributed by atoms with van der Waals surface area (Å²) in [6.45, 7) is 9.20. The standard InChI is InChI=1S/C30H40N6O3.ClH/c1-20(2)31-14-15-32-28(37)18-36(27-17-25(11-10-21(27)3)30-33-22(4)39-34-30)19-29(38)35(5)26-13-12-23-8-6-7-9-24(23)16-26;/h6-11,17,20,26,31H,12-16,18-19H2,1-5H3,(H,32,37);1H. The zero-order valence-corrected chi connectivity index (χ0v) is 24.9. The quantitative estimate of drug-likeness (QED) is 0.340. The Morgan fingerprint density at radius 3 is 2.52 bits per heavy atom. The van der Waals surface area contributed by atoms with Crippen molar-refractivity contribution in [1.29, 1.82) is 0 Å². The van der Waals surface area contributed by atoms with Gasteiger partial charge in [-0.3, -0.25) is 9.59 Å². The van der Waals surface area contributed by atoms with Gasteiger partial charge in [0.05, 0.1) is 13.1 Å². The van der Waals surface area contributed by atoms with Crippen molar-refractivity contribution < 1.29 is 14.1 Å². The molecule has 9 nitrogen and oxygen atoms in total. The fourth-order valence-corrected chi connectivity index (χ4v) is 5.01. The van der Waals surface area contributed by atoms with E-state index >= 15 is 0 Å². The van der Waals surface area contributed by atoms with Crippen molar-refractivity contribution in [1.82, 2.24) is 25.7 Å². The molecule has 0 spiro atoms. The lowest BCUT2D eigenvalue weighted by molar-refractivity contribution is -0.130. The maximum absolute atomic E-state index is 13.6. The predicted octanol–water partition coefficient (Wildman–Crippen LogP) is 3.71. The second-order valence-corrected chi connectivity index (χ2v) is 10.6. The first kappa shape index (κ1) is 31.1. The van der Waals surface area contributed by atoms with Crippen LogP contribution in [0.25, 0.3) is 11.4 Å². The second-order valence-electron chi connectivity index (χ2n) is 10.6. The molecule has 1 heterocycles. The molecule has 1 atom stereocenters. The van der Waals surface area contributed by atoms with Crippen LogP contribution < -0.4 is 15.5 Å². The zero-order chi connectivity index (χ0) is 27.9. The van der Waals surface area contributed by atoms with Crippen LogP contribution >= 0.6 is 12.4 Å². The van der Waals surface area contributed by atoms with Crippen LogP contribution in [0.15, 0.2) is 47.0 Å². The number of anilines is 1. The minimum Gasteiger partial charge on any atom is -0.353 e. The summed E-state index contributed by atoms with van der Waals surface area (Å²) in [6.07, 6.45) is 2.72. The smallest absolute Gasteiger partial charge is 0.242 e. The van der Waals surface area contributed by atoms with Gasteiger partial charge in [0.2, 0.25) is 23.5 Å². The van der Waals surface area contributed by atoms with Crippen LogP contribution in [0.5, 0.6) is 0 Å². The number of likely N-dealkylation sites (N-methyl/N-ethyl adjacent to an activating group) is 1. The SMILES string of the molecule is Cc1nc(-c2ccc(C)c(N(CC(=O)NCCNC(C)C)CC(=O)N(C)C3CCc4ccccc4C3)c2)no1.Cl. The van der Waals surface area contributed by atoms with E-state index in [1.165, 1.54) is 11.1 Å². The number of halogens is 1. The van der Waals surface area contributed by atoms with Gasteiger partial charge in [-0.2, -0.15) is 4.98 Å². The van der Waals surface area contributed by atoms with Gasteiger partial charge in [0.25, 0.3) is 0 Å². The molecule has 10 heteroatoms. The Hall–Kier alpha value is -3.43. The Kier molecular flexibility index (Phi) is 11.1. The number of benzene rings is 2. The molecule has 0 radical (unpaired) electrons. The van der Waals surface area contributed by atoms with Gasteiger partial charge >= 0.3 is 0 Å². The number of nitrogens with zero attached hydrogens (tertiary/aromatic N) is 4. The van der Waals surface area contributed by atoms with E-state index in [0.29, 0.717) is 30.8 Å². The highest BCUT2D eigenvalue weighted by atomic mass is 35.5. The van der Waals surface area contributed by atoms with E-state index in [2.05, 4.69) is 58.9 Å². The summed E-state index contributed by atoms with van der Waals surface area (Å²) in [5, 5.41) is 10.3. The van der Waals surface area contributed by atoms with Gasteiger partial charge in [0.1, 0.15) is 0 Å². The molecular formula is C30H41ClN6O3. The largest absolute Gasteiger partial charge is 0.353 e. The number of fused-ring (bicyclic) bond motifs is 1. The zero-order valence-electron chi connectivity index (χ0n) is 24.1. The topological polar surface area (TPSA) is 104 Å². The molecule has 0 aliphatic heterocycles. The van der Waals surface area contributed by atoms with Crippen LogP contribution in [0, 0.1) is 13.8 Å². The Balaban J connectivity index is 0.00000441. The number of carbonyl (C=O) groups excluding carboxylic acids is 2. The number of hydrogen-bond donors (Lipinski definition) is 2. The molecule has 1 aliphatic rings. The number of aromatic nitrogens is 2. The Bertz CT molecular complexity index is 1290. The highest BCUT2D eigenvalue weighted by molar-refractivity contribution is 5.87. The maximum Gasteiger partial charge on any atom is 0.242 e. The van der Waals surface area contributed by atoms with Gasteiger partial charge in [-0.05, 0) is 48.9 Å². The van der Waals surface area contributed by atoms with E-state index in [-0.39, 0.29) is 43.4 Å². The van der Waals surface area contributed by atoms with Crippen molar-refractivity contribution in [2.75, 3.05) is 38.1 Å². The third-order valence-corrected chi connectivity index (χ3v) is 7.26. The Morgan fingerprint density at radius 2 is 1.82 bits per heavy atom. The van der Waals surface area contributed by atoms with Crippen LogP contribution in [0.2, 0.25) is 0 Å². The molecule has 0 saturated carbocycles. The summed E-state index contributed by atoms with van der Waals surface area (Å²) in [5.74, 6) is 0.795. The van der Waals surface area contributed by atoms with Gasteiger partial charge in [0, 0.05) is 50.4 Å². The van der Waals surface area contributed by atoms with Crippen LogP contribution in [-0.2, 0) is 22.4 Å². The molecule has 3 aromatic rings. The van der Waals surface area contributed by atoms with Gasteiger partial charge < -0.3 is 25.0 Å². The summed E-state index contributed by atoms with van der Waals surface area (Å²) in [7, 11) is 1.88. The predicted molar refractivity (Wildman–Crippen MR) is 160 cm³/mol. The van der Waals surface area contributed by atoms with Gasteiger partial charge in [-0.1, -0.05) is 55.4 Å². The molecule has 40 heavy (non-hydrogen) atoms. The van der Waals surface area contributed by atoms with Crippen LogP contribution in [0.1, 0.15) is 42.8 Å². The molecule has 0 saturated heterocycles. The summed E-state index contributed by atoms with van der Waals surface area (Å²) in [4.78, 5) is 34.7. The summed E-state index contributed by atoms with van der Waals surface area (Å²) >= 11 is 0. The van der Waals surface area contributed by atoms with E-state index in [1.807, 2.05) is 42.0 Å². The van der Waals surface area contributed by atoms with E-state index in [0.717, 1.165) is 36.1 Å². The number of amides is 2. The number of nitrogens with one attached hydrogen (secondary N) is 2. The lowest BCUT2D eigenvalue weighted by atomic mass is 9.87. The van der Waals surface area contributed by atoms with Crippen LogP contribution in [0.4, 0.5) is 5.69 Å². The average molecular weight is 569 g/mol. The highest BCUT2D eigenvalue weighted by Gasteiger charge is 2.27. The van der Waals surface area contributed by atoms with Crippen molar-refractivity contribution in [3.8, 4) is 11.4 Å². The Labute approximate surface area is 243 Å².